The first-order valence-electron chi connectivity index (χ1n) is 5.98. The lowest BCUT2D eigenvalue weighted by molar-refractivity contribution is -0.384. The summed E-state index contributed by atoms with van der Waals surface area (Å²) in [5, 5.41) is 10.9. The van der Waals surface area contributed by atoms with Crippen LogP contribution in [0.4, 0.5) is 11.4 Å². The molecule has 0 fully saturated rings. The lowest BCUT2D eigenvalue weighted by Crippen LogP contribution is -2.34. The van der Waals surface area contributed by atoms with Crippen molar-refractivity contribution in [2.24, 2.45) is 5.84 Å². The summed E-state index contributed by atoms with van der Waals surface area (Å²) in [6, 6.07) is 4.71. The van der Waals surface area contributed by atoms with Gasteiger partial charge < -0.3 is 10.3 Å². The maximum atomic E-state index is 11.6. The number of carbonyl (C=O) groups excluding carboxylic acids is 1. The van der Waals surface area contributed by atoms with Gasteiger partial charge in [-0.25, -0.2) is 0 Å². The molecule has 0 heterocycles. The number of nitrogen functional groups attached to an aromatic ring is 1. The Labute approximate surface area is 117 Å². The first kappa shape index (κ1) is 15.9. The van der Waals surface area contributed by atoms with E-state index in [0.29, 0.717) is 12.1 Å². The molecule has 0 radical (unpaired) electrons. The van der Waals surface area contributed by atoms with Crippen LogP contribution in [0.25, 0.3) is 0 Å². The third-order valence-electron chi connectivity index (χ3n) is 2.81. The molecule has 20 heavy (non-hydrogen) atoms. The van der Waals surface area contributed by atoms with Crippen LogP contribution in [-0.4, -0.2) is 48.3 Å². The highest BCUT2D eigenvalue weighted by molar-refractivity contribution is 5.77. The highest BCUT2D eigenvalue weighted by Gasteiger charge is 2.18. The molecule has 0 spiro atoms. The van der Waals surface area contributed by atoms with Gasteiger partial charge in [0.25, 0.3) is 5.69 Å². The number of hydrogen-bond acceptors (Lipinski definition) is 6. The molecule has 1 amide bonds. The first-order valence-corrected chi connectivity index (χ1v) is 5.98. The summed E-state index contributed by atoms with van der Waals surface area (Å²) in [6.07, 6.45) is 0. The number of hydrazine groups is 1. The van der Waals surface area contributed by atoms with Crippen molar-refractivity contribution in [2.45, 2.75) is 6.54 Å². The zero-order valence-corrected chi connectivity index (χ0v) is 11.8. The van der Waals surface area contributed by atoms with Gasteiger partial charge in [-0.15, -0.1) is 0 Å². The van der Waals surface area contributed by atoms with Crippen LogP contribution in [0.3, 0.4) is 0 Å². The Morgan fingerprint density at radius 2 is 2.05 bits per heavy atom. The van der Waals surface area contributed by atoms with Gasteiger partial charge in [0.1, 0.15) is 5.69 Å². The number of nitrogens with zero attached hydrogens (tertiary/aromatic N) is 3. The molecule has 1 rings (SSSR count). The summed E-state index contributed by atoms with van der Waals surface area (Å²) in [4.78, 5) is 25.3. The Morgan fingerprint density at radius 3 is 2.55 bits per heavy atom. The number of carbonyl (C=O) groups is 1. The number of hydrogen-bond donors (Lipinski definition) is 2. The number of benzene rings is 1. The summed E-state index contributed by atoms with van der Waals surface area (Å²) in [6.45, 7) is 0.598. The zero-order valence-electron chi connectivity index (χ0n) is 11.8. The molecule has 0 aliphatic heterocycles. The zero-order chi connectivity index (χ0) is 15.3. The Morgan fingerprint density at radius 1 is 1.40 bits per heavy atom. The molecule has 1 aromatic carbocycles. The van der Waals surface area contributed by atoms with Gasteiger partial charge in [-0.1, -0.05) is 12.1 Å². The van der Waals surface area contributed by atoms with Crippen LogP contribution in [-0.2, 0) is 11.3 Å². The minimum Gasteiger partial charge on any atom is -0.348 e. The molecular weight excluding hydrogens is 262 g/mol. The number of amides is 1. The van der Waals surface area contributed by atoms with E-state index in [1.54, 1.807) is 38.2 Å². The van der Waals surface area contributed by atoms with E-state index in [-0.39, 0.29) is 23.8 Å². The maximum Gasteiger partial charge on any atom is 0.293 e. The molecule has 0 aliphatic carbocycles. The van der Waals surface area contributed by atoms with Gasteiger partial charge in [0.2, 0.25) is 5.91 Å². The fourth-order valence-corrected chi connectivity index (χ4v) is 1.76. The van der Waals surface area contributed by atoms with Gasteiger partial charge in [-0.05, 0) is 12.6 Å². The number of para-hydroxylation sites is 1. The average Bonchev–Trinajstić information content (AvgIpc) is 2.37. The van der Waals surface area contributed by atoms with E-state index in [1.807, 2.05) is 0 Å². The normalized spacial score (nSPS) is 10.4. The second kappa shape index (κ2) is 6.83. The number of anilines is 1. The van der Waals surface area contributed by atoms with E-state index >= 15 is 0 Å². The molecule has 0 aliphatic rings. The Kier molecular flexibility index (Phi) is 5.42. The topological polar surface area (TPSA) is 105 Å². The first-order chi connectivity index (χ1) is 9.36. The second-order valence-electron chi connectivity index (χ2n) is 4.67. The van der Waals surface area contributed by atoms with E-state index in [4.69, 9.17) is 5.84 Å². The van der Waals surface area contributed by atoms with Gasteiger partial charge in [0.15, 0.2) is 0 Å². The minimum absolute atomic E-state index is 0.0415. The lowest BCUT2D eigenvalue weighted by atomic mass is 10.1. The largest absolute Gasteiger partial charge is 0.348 e. The van der Waals surface area contributed by atoms with E-state index in [9.17, 15) is 14.9 Å². The molecule has 0 saturated heterocycles. The van der Waals surface area contributed by atoms with Crippen molar-refractivity contribution in [1.29, 1.82) is 0 Å². The molecule has 1 aromatic rings. The Bertz CT molecular complexity index is 504. The Hall–Kier alpha value is -2.19. The van der Waals surface area contributed by atoms with Gasteiger partial charge >= 0.3 is 0 Å². The van der Waals surface area contributed by atoms with Gasteiger partial charge in [0, 0.05) is 26.7 Å². The molecule has 0 saturated carbocycles. The van der Waals surface area contributed by atoms with Crippen LogP contribution < -0.4 is 11.3 Å². The molecule has 0 atom stereocenters. The van der Waals surface area contributed by atoms with Gasteiger partial charge in [-0.3, -0.25) is 25.7 Å². The lowest BCUT2D eigenvalue weighted by Gasteiger charge is -2.20. The number of rotatable bonds is 6. The third kappa shape index (κ3) is 3.90. The standard InChI is InChI=1S/C12H19N5O3/c1-15(2)11(18)8-16(3)7-9-5-4-6-10(17(19)20)12(9)14-13/h4-6,14H,7-8,13H2,1-3H3. The number of nitrogens with one attached hydrogen (secondary N) is 1. The number of nitro benzene ring substituents is 1. The van der Waals surface area contributed by atoms with Crippen molar-refractivity contribution in [1.82, 2.24) is 9.80 Å². The molecular formula is C12H19N5O3. The number of nitrogens with two attached hydrogens (primary N) is 1. The predicted molar refractivity (Wildman–Crippen MR) is 75.9 cm³/mol. The van der Waals surface area contributed by atoms with Crippen molar-refractivity contribution >= 4 is 17.3 Å². The molecule has 3 N–H and O–H groups in total. The average molecular weight is 281 g/mol. The highest BCUT2D eigenvalue weighted by Crippen LogP contribution is 2.27. The summed E-state index contributed by atoms with van der Waals surface area (Å²) >= 11 is 0. The SMILES string of the molecule is CN(CC(=O)N(C)C)Cc1cccc([N+](=O)[O-])c1NN. The Balaban J connectivity index is 2.89. The van der Waals surface area contributed by atoms with Gasteiger partial charge in [-0.2, -0.15) is 0 Å². The van der Waals surface area contributed by atoms with Crippen LogP contribution in [0, 0.1) is 10.1 Å². The number of nitro groups is 1. The quantitative estimate of drug-likeness (QED) is 0.444. The molecule has 0 unspecified atom stereocenters. The molecule has 110 valence electrons. The van der Waals surface area contributed by atoms with Crippen LogP contribution in [0.5, 0.6) is 0 Å². The van der Waals surface area contributed by atoms with E-state index in [2.05, 4.69) is 5.43 Å². The fourth-order valence-electron chi connectivity index (χ4n) is 1.76. The number of likely N-dealkylation sites (N-methyl/N-ethyl adjacent to an activating group) is 2. The van der Waals surface area contributed by atoms with E-state index in [0.717, 1.165) is 0 Å². The van der Waals surface area contributed by atoms with Crippen molar-refractivity contribution in [2.75, 3.05) is 33.1 Å². The van der Waals surface area contributed by atoms with Crippen LogP contribution in [0.2, 0.25) is 0 Å². The van der Waals surface area contributed by atoms with Crippen molar-refractivity contribution < 1.29 is 9.72 Å². The van der Waals surface area contributed by atoms with Crippen LogP contribution >= 0.6 is 0 Å². The summed E-state index contributed by atoms with van der Waals surface area (Å²) < 4.78 is 0. The third-order valence-corrected chi connectivity index (χ3v) is 2.81. The maximum absolute atomic E-state index is 11.6. The predicted octanol–water partition coefficient (Wildman–Crippen LogP) is 0.400. The van der Waals surface area contributed by atoms with Crippen molar-refractivity contribution in [3.63, 3.8) is 0 Å². The summed E-state index contributed by atoms with van der Waals surface area (Å²) in [5.74, 6) is 5.32. The van der Waals surface area contributed by atoms with E-state index in [1.165, 1.54) is 11.0 Å². The summed E-state index contributed by atoms with van der Waals surface area (Å²) in [5.41, 5.74) is 3.21. The molecule has 0 bridgehead atoms. The summed E-state index contributed by atoms with van der Waals surface area (Å²) in [7, 11) is 5.12. The van der Waals surface area contributed by atoms with Crippen molar-refractivity contribution in [3.8, 4) is 0 Å². The van der Waals surface area contributed by atoms with E-state index < -0.39 is 4.92 Å². The fraction of sp³-hybridized carbons (Fsp3) is 0.417. The smallest absolute Gasteiger partial charge is 0.293 e. The van der Waals surface area contributed by atoms with Crippen molar-refractivity contribution in [3.05, 3.63) is 33.9 Å². The van der Waals surface area contributed by atoms with Gasteiger partial charge in [0.05, 0.1) is 11.5 Å². The molecule has 8 nitrogen and oxygen atoms in total. The second-order valence-corrected chi connectivity index (χ2v) is 4.67. The molecule has 0 aromatic heterocycles. The highest BCUT2D eigenvalue weighted by atomic mass is 16.6. The molecule has 8 heteroatoms. The van der Waals surface area contributed by atoms with Crippen LogP contribution in [0.1, 0.15) is 5.56 Å². The minimum atomic E-state index is -0.496. The monoisotopic (exact) mass is 281 g/mol. The van der Waals surface area contributed by atoms with Crippen LogP contribution in [0.15, 0.2) is 18.2 Å².